The first kappa shape index (κ1) is 18.3. The molecule has 2 aromatic carbocycles. The quantitative estimate of drug-likeness (QED) is 0.752. The Balaban J connectivity index is 1.73. The molecule has 0 saturated heterocycles. The summed E-state index contributed by atoms with van der Waals surface area (Å²) >= 11 is 5.99. The standard InChI is InChI=1S/C20H24ClNO2/c1-14-6-8-17(9-7-14)5-4-12-22-20(23)16(3)24-18-10-11-19(21)15(2)13-18/h6-11,13,16H,4-5,12H2,1-3H3,(H,22,23)/t16-/m0/s1. The average molecular weight is 346 g/mol. The van der Waals surface area contributed by atoms with Crippen LogP contribution < -0.4 is 10.1 Å². The summed E-state index contributed by atoms with van der Waals surface area (Å²) in [5, 5.41) is 3.61. The minimum absolute atomic E-state index is 0.105. The van der Waals surface area contributed by atoms with Crippen molar-refractivity contribution in [2.75, 3.05) is 6.54 Å². The van der Waals surface area contributed by atoms with Crippen LogP contribution in [0.3, 0.4) is 0 Å². The van der Waals surface area contributed by atoms with E-state index in [4.69, 9.17) is 16.3 Å². The van der Waals surface area contributed by atoms with Crippen LogP contribution in [0, 0.1) is 13.8 Å². The zero-order valence-electron chi connectivity index (χ0n) is 14.4. The molecular formula is C20H24ClNO2. The summed E-state index contributed by atoms with van der Waals surface area (Å²) in [5.74, 6) is 0.547. The van der Waals surface area contributed by atoms with Crippen molar-refractivity contribution in [3.8, 4) is 5.75 Å². The lowest BCUT2D eigenvalue weighted by Gasteiger charge is -2.15. The van der Waals surface area contributed by atoms with Crippen LogP contribution in [-0.2, 0) is 11.2 Å². The van der Waals surface area contributed by atoms with E-state index in [0.717, 1.165) is 18.4 Å². The highest BCUT2D eigenvalue weighted by Gasteiger charge is 2.14. The smallest absolute Gasteiger partial charge is 0.260 e. The maximum atomic E-state index is 12.1. The van der Waals surface area contributed by atoms with Gasteiger partial charge < -0.3 is 10.1 Å². The van der Waals surface area contributed by atoms with Crippen molar-refractivity contribution in [1.29, 1.82) is 0 Å². The summed E-state index contributed by atoms with van der Waals surface area (Å²) in [7, 11) is 0. The first-order valence-electron chi connectivity index (χ1n) is 8.22. The third-order valence-electron chi connectivity index (χ3n) is 3.87. The van der Waals surface area contributed by atoms with E-state index in [1.54, 1.807) is 19.1 Å². The number of benzene rings is 2. The molecule has 24 heavy (non-hydrogen) atoms. The van der Waals surface area contributed by atoms with Gasteiger partial charge in [0.15, 0.2) is 6.10 Å². The molecule has 0 spiro atoms. The van der Waals surface area contributed by atoms with Crippen LogP contribution in [-0.4, -0.2) is 18.6 Å². The molecule has 3 nitrogen and oxygen atoms in total. The number of nitrogens with one attached hydrogen (secondary N) is 1. The fraction of sp³-hybridized carbons (Fsp3) is 0.350. The highest BCUT2D eigenvalue weighted by molar-refractivity contribution is 6.31. The van der Waals surface area contributed by atoms with Crippen molar-refractivity contribution in [1.82, 2.24) is 5.32 Å². The van der Waals surface area contributed by atoms with E-state index in [2.05, 4.69) is 36.5 Å². The van der Waals surface area contributed by atoms with Gasteiger partial charge in [-0.1, -0.05) is 41.4 Å². The molecule has 0 aliphatic heterocycles. The summed E-state index contributed by atoms with van der Waals surface area (Å²) in [6.07, 6.45) is 1.32. The molecule has 2 aromatic rings. The minimum atomic E-state index is -0.537. The lowest BCUT2D eigenvalue weighted by atomic mass is 10.1. The van der Waals surface area contributed by atoms with Crippen LogP contribution in [0.4, 0.5) is 0 Å². The van der Waals surface area contributed by atoms with Crippen LogP contribution in [0.1, 0.15) is 30.0 Å². The van der Waals surface area contributed by atoms with E-state index in [1.165, 1.54) is 11.1 Å². The maximum Gasteiger partial charge on any atom is 0.260 e. The number of hydrogen-bond acceptors (Lipinski definition) is 2. The lowest BCUT2D eigenvalue weighted by Crippen LogP contribution is -2.36. The van der Waals surface area contributed by atoms with E-state index in [1.807, 2.05) is 13.0 Å². The number of rotatable bonds is 7. The Morgan fingerprint density at radius 2 is 1.88 bits per heavy atom. The second-order valence-electron chi connectivity index (χ2n) is 6.05. The number of carbonyl (C=O) groups excluding carboxylic acids is 1. The van der Waals surface area contributed by atoms with Crippen molar-refractivity contribution in [3.05, 3.63) is 64.2 Å². The normalized spacial score (nSPS) is 11.8. The third-order valence-corrected chi connectivity index (χ3v) is 4.30. The van der Waals surface area contributed by atoms with E-state index < -0.39 is 6.10 Å². The molecule has 0 heterocycles. The van der Waals surface area contributed by atoms with Crippen molar-refractivity contribution in [3.63, 3.8) is 0 Å². The molecule has 0 aliphatic rings. The predicted octanol–water partition coefficient (Wildman–Crippen LogP) is 4.47. The molecule has 0 saturated carbocycles. The van der Waals surface area contributed by atoms with Gasteiger partial charge in [0.1, 0.15) is 5.75 Å². The zero-order chi connectivity index (χ0) is 17.5. The molecule has 0 aliphatic carbocycles. The number of hydrogen-bond donors (Lipinski definition) is 1. The van der Waals surface area contributed by atoms with Gasteiger partial charge in [-0.15, -0.1) is 0 Å². The molecule has 4 heteroatoms. The van der Waals surface area contributed by atoms with Gasteiger partial charge in [-0.2, -0.15) is 0 Å². The highest BCUT2D eigenvalue weighted by Crippen LogP contribution is 2.21. The zero-order valence-corrected chi connectivity index (χ0v) is 15.2. The van der Waals surface area contributed by atoms with Gasteiger partial charge in [-0.25, -0.2) is 0 Å². The van der Waals surface area contributed by atoms with E-state index in [-0.39, 0.29) is 5.91 Å². The van der Waals surface area contributed by atoms with E-state index in [9.17, 15) is 4.79 Å². The van der Waals surface area contributed by atoms with Gasteiger partial charge in [0, 0.05) is 11.6 Å². The van der Waals surface area contributed by atoms with E-state index in [0.29, 0.717) is 17.3 Å². The van der Waals surface area contributed by atoms with Crippen LogP contribution in [0.25, 0.3) is 0 Å². The fourth-order valence-corrected chi connectivity index (χ4v) is 2.47. The van der Waals surface area contributed by atoms with Gasteiger partial charge >= 0.3 is 0 Å². The minimum Gasteiger partial charge on any atom is -0.481 e. The molecule has 1 atom stereocenters. The van der Waals surface area contributed by atoms with Gasteiger partial charge in [0.2, 0.25) is 0 Å². The van der Waals surface area contributed by atoms with Gasteiger partial charge in [0.25, 0.3) is 5.91 Å². The van der Waals surface area contributed by atoms with Crippen LogP contribution >= 0.6 is 11.6 Å². The summed E-state index contributed by atoms with van der Waals surface area (Å²) in [4.78, 5) is 12.1. The van der Waals surface area contributed by atoms with Gasteiger partial charge in [0.05, 0.1) is 0 Å². The van der Waals surface area contributed by atoms with Crippen molar-refractivity contribution in [2.24, 2.45) is 0 Å². The molecule has 2 rings (SSSR count). The molecule has 0 aromatic heterocycles. The van der Waals surface area contributed by atoms with Crippen LogP contribution in [0.2, 0.25) is 5.02 Å². The van der Waals surface area contributed by atoms with Crippen molar-refractivity contribution < 1.29 is 9.53 Å². The average Bonchev–Trinajstić information content (AvgIpc) is 2.56. The van der Waals surface area contributed by atoms with Crippen LogP contribution in [0.5, 0.6) is 5.75 Å². The number of amides is 1. The Morgan fingerprint density at radius 3 is 2.54 bits per heavy atom. The molecule has 128 valence electrons. The Morgan fingerprint density at radius 1 is 1.17 bits per heavy atom. The van der Waals surface area contributed by atoms with Gasteiger partial charge in [-0.3, -0.25) is 4.79 Å². The first-order valence-corrected chi connectivity index (χ1v) is 8.59. The third kappa shape index (κ3) is 5.57. The predicted molar refractivity (Wildman–Crippen MR) is 98.8 cm³/mol. The molecule has 0 unspecified atom stereocenters. The topological polar surface area (TPSA) is 38.3 Å². The number of carbonyl (C=O) groups is 1. The number of halogens is 1. The Kier molecular flexibility index (Phi) is 6.68. The second kappa shape index (κ2) is 8.74. The molecule has 1 amide bonds. The molecule has 0 bridgehead atoms. The summed E-state index contributed by atoms with van der Waals surface area (Å²) in [6.45, 7) is 6.37. The monoisotopic (exact) mass is 345 g/mol. The summed E-state index contributed by atoms with van der Waals surface area (Å²) < 4.78 is 5.67. The SMILES string of the molecule is Cc1ccc(CCCNC(=O)[C@H](C)Oc2ccc(Cl)c(C)c2)cc1. The highest BCUT2D eigenvalue weighted by atomic mass is 35.5. The largest absolute Gasteiger partial charge is 0.481 e. The van der Waals surface area contributed by atoms with E-state index >= 15 is 0 Å². The van der Waals surface area contributed by atoms with Gasteiger partial charge in [-0.05, 0) is 62.9 Å². The Hall–Kier alpha value is -2.00. The van der Waals surface area contributed by atoms with Crippen molar-refractivity contribution in [2.45, 2.75) is 39.7 Å². The lowest BCUT2D eigenvalue weighted by molar-refractivity contribution is -0.127. The summed E-state index contributed by atoms with van der Waals surface area (Å²) in [5.41, 5.74) is 3.48. The Labute approximate surface area is 149 Å². The molecular weight excluding hydrogens is 322 g/mol. The molecule has 0 fully saturated rings. The molecule has 0 radical (unpaired) electrons. The first-order chi connectivity index (χ1) is 11.5. The Bertz CT molecular complexity index is 683. The second-order valence-corrected chi connectivity index (χ2v) is 6.46. The summed E-state index contributed by atoms with van der Waals surface area (Å²) in [6, 6.07) is 13.9. The number of aryl methyl sites for hydroxylation is 3. The number of ether oxygens (including phenoxy) is 1. The maximum absolute atomic E-state index is 12.1. The fourth-order valence-electron chi connectivity index (χ4n) is 2.35. The molecule has 1 N–H and O–H groups in total. The van der Waals surface area contributed by atoms with Crippen molar-refractivity contribution >= 4 is 17.5 Å². The van der Waals surface area contributed by atoms with Crippen LogP contribution in [0.15, 0.2) is 42.5 Å².